The van der Waals surface area contributed by atoms with E-state index in [0.717, 1.165) is 5.56 Å². The zero-order valence-electron chi connectivity index (χ0n) is 14.6. The van der Waals surface area contributed by atoms with Crippen LogP contribution in [-0.4, -0.2) is 24.0 Å². The summed E-state index contributed by atoms with van der Waals surface area (Å²) in [4.78, 5) is 26.7. The molecule has 5 nitrogen and oxygen atoms in total. The smallest absolute Gasteiger partial charge is 0.271 e. The van der Waals surface area contributed by atoms with Crippen LogP contribution >= 0.6 is 23.2 Å². The monoisotopic (exact) mass is 392 g/mol. The molecule has 2 aromatic carbocycles. The Morgan fingerprint density at radius 3 is 2.62 bits per heavy atom. The molecule has 1 aliphatic heterocycles. The van der Waals surface area contributed by atoms with Crippen LogP contribution in [0.15, 0.2) is 36.4 Å². The van der Waals surface area contributed by atoms with Crippen molar-refractivity contribution in [3.63, 3.8) is 0 Å². The van der Waals surface area contributed by atoms with Crippen molar-refractivity contribution >= 4 is 46.4 Å². The van der Waals surface area contributed by atoms with E-state index in [9.17, 15) is 9.59 Å². The average Bonchev–Trinajstić information content (AvgIpc) is 2.56. The molecule has 0 aliphatic carbocycles. The number of fused-ring (bicyclic) bond motifs is 1. The van der Waals surface area contributed by atoms with Gasteiger partial charge in [0.2, 0.25) is 5.91 Å². The van der Waals surface area contributed by atoms with E-state index in [2.05, 4.69) is 5.32 Å². The number of hydrogen-bond acceptors (Lipinski definition) is 3. The highest BCUT2D eigenvalue weighted by atomic mass is 35.5. The van der Waals surface area contributed by atoms with Gasteiger partial charge in [0.25, 0.3) is 5.91 Å². The van der Waals surface area contributed by atoms with Gasteiger partial charge in [-0.05, 0) is 56.7 Å². The number of rotatable bonds is 3. The van der Waals surface area contributed by atoms with Crippen molar-refractivity contribution in [2.24, 2.45) is 0 Å². The lowest BCUT2D eigenvalue weighted by Gasteiger charge is -2.38. The Morgan fingerprint density at radius 2 is 1.92 bits per heavy atom. The standard InChI is InChI=1S/C19H18Cl2N2O3/c1-11-4-6-13(9-14(11)21)22-17(24)10-23-15-8-12(20)5-7-16(15)26-19(2,3)18(23)25/h4-9H,10H2,1-3H3,(H,22,24). The van der Waals surface area contributed by atoms with E-state index in [1.807, 2.05) is 13.0 Å². The molecule has 7 heteroatoms. The second-order valence-electron chi connectivity index (χ2n) is 6.63. The summed E-state index contributed by atoms with van der Waals surface area (Å²) in [5.74, 6) is -0.156. The van der Waals surface area contributed by atoms with Crippen molar-refractivity contribution < 1.29 is 14.3 Å². The van der Waals surface area contributed by atoms with Crippen LogP contribution in [0.3, 0.4) is 0 Å². The second-order valence-corrected chi connectivity index (χ2v) is 7.47. The SMILES string of the molecule is Cc1ccc(NC(=O)CN2C(=O)C(C)(C)Oc3ccc(Cl)cc32)cc1Cl. The summed E-state index contributed by atoms with van der Waals surface area (Å²) in [6.07, 6.45) is 0. The average molecular weight is 393 g/mol. The molecule has 0 bridgehead atoms. The highest BCUT2D eigenvalue weighted by Crippen LogP contribution is 2.39. The molecule has 0 saturated carbocycles. The van der Waals surface area contributed by atoms with Crippen molar-refractivity contribution in [3.8, 4) is 5.75 Å². The van der Waals surface area contributed by atoms with Gasteiger partial charge in [0.05, 0.1) is 5.69 Å². The van der Waals surface area contributed by atoms with Gasteiger partial charge in [-0.3, -0.25) is 14.5 Å². The summed E-state index contributed by atoms with van der Waals surface area (Å²) >= 11 is 12.1. The fourth-order valence-electron chi connectivity index (χ4n) is 2.71. The van der Waals surface area contributed by atoms with Crippen molar-refractivity contribution in [1.82, 2.24) is 0 Å². The van der Waals surface area contributed by atoms with Gasteiger partial charge in [-0.15, -0.1) is 0 Å². The molecule has 1 heterocycles. The molecule has 1 aliphatic rings. The summed E-state index contributed by atoms with van der Waals surface area (Å²) in [6, 6.07) is 10.2. The minimum absolute atomic E-state index is 0.162. The van der Waals surface area contributed by atoms with E-state index < -0.39 is 5.60 Å². The van der Waals surface area contributed by atoms with Crippen LogP contribution in [0.25, 0.3) is 0 Å². The Hall–Kier alpha value is -2.24. The molecule has 0 unspecified atom stereocenters. The summed E-state index contributed by atoms with van der Waals surface area (Å²) in [7, 11) is 0. The quantitative estimate of drug-likeness (QED) is 0.839. The first-order chi connectivity index (χ1) is 12.2. The van der Waals surface area contributed by atoms with Gasteiger partial charge >= 0.3 is 0 Å². The molecule has 0 fully saturated rings. The fourth-order valence-corrected chi connectivity index (χ4v) is 3.06. The van der Waals surface area contributed by atoms with Crippen molar-refractivity contribution in [1.29, 1.82) is 0 Å². The third-order valence-corrected chi connectivity index (χ3v) is 4.74. The molecular formula is C19H18Cl2N2O3. The zero-order chi connectivity index (χ0) is 19.1. The maximum Gasteiger partial charge on any atom is 0.271 e. The van der Waals surface area contributed by atoms with E-state index in [1.165, 1.54) is 4.90 Å². The Kier molecular flexibility index (Phi) is 4.86. The number of hydrogen-bond donors (Lipinski definition) is 1. The molecular weight excluding hydrogens is 375 g/mol. The Labute approximate surface area is 161 Å². The highest BCUT2D eigenvalue weighted by Gasteiger charge is 2.41. The normalized spacial score (nSPS) is 15.3. The number of nitrogens with one attached hydrogen (secondary N) is 1. The molecule has 0 saturated heterocycles. The number of amides is 2. The maximum absolute atomic E-state index is 12.8. The molecule has 0 aromatic heterocycles. The molecule has 0 atom stereocenters. The number of nitrogens with zero attached hydrogens (tertiary/aromatic N) is 1. The molecule has 0 spiro atoms. The molecule has 2 aromatic rings. The third kappa shape index (κ3) is 3.64. The van der Waals surface area contributed by atoms with E-state index in [4.69, 9.17) is 27.9 Å². The van der Waals surface area contributed by atoms with E-state index in [-0.39, 0.29) is 18.4 Å². The van der Waals surface area contributed by atoms with Crippen LogP contribution in [0.1, 0.15) is 19.4 Å². The first kappa shape index (κ1) is 18.5. The number of carbonyl (C=O) groups excluding carboxylic acids is 2. The van der Waals surface area contributed by atoms with Gasteiger partial charge < -0.3 is 10.1 Å². The van der Waals surface area contributed by atoms with E-state index in [0.29, 0.717) is 27.2 Å². The van der Waals surface area contributed by atoms with Gasteiger partial charge in [0.1, 0.15) is 12.3 Å². The van der Waals surface area contributed by atoms with Crippen LogP contribution in [-0.2, 0) is 9.59 Å². The predicted molar refractivity (Wildman–Crippen MR) is 103 cm³/mol. The molecule has 3 rings (SSSR count). The van der Waals surface area contributed by atoms with E-state index in [1.54, 1.807) is 44.2 Å². The van der Waals surface area contributed by atoms with Gasteiger partial charge in [0.15, 0.2) is 5.60 Å². The van der Waals surface area contributed by atoms with Crippen LogP contribution < -0.4 is 15.0 Å². The van der Waals surface area contributed by atoms with Gasteiger partial charge in [-0.1, -0.05) is 29.3 Å². The minimum atomic E-state index is -1.08. The number of anilines is 2. The molecule has 2 amide bonds. The first-order valence-electron chi connectivity index (χ1n) is 8.04. The zero-order valence-corrected chi connectivity index (χ0v) is 16.1. The van der Waals surface area contributed by atoms with Gasteiger partial charge in [-0.2, -0.15) is 0 Å². The van der Waals surface area contributed by atoms with Crippen LogP contribution in [0.2, 0.25) is 10.0 Å². The largest absolute Gasteiger partial charge is 0.476 e. The summed E-state index contributed by atoms with van der Waals surface area (Å²) in [5.41, 5.74) is 0.878. The summed E-state index contributed by atoms with van der Waals surface area (Å²) in [6.45, 7) is 5.04. The number of benzene rings is 2. The second kappa shape index (κ2) is 6.82. The lowest BCUT2D eigenvalue weighted by molar-refractivity contribution is -0.133. The number of aryl methyl sites for hydroxylation is 1. The Morgan fingerprint density at radius 1 is 1.19 bits per heavy atom. The lowest BCUT2D eigenvalue weighted by Crippen LogP contribution is -2.54. The summed E-state index contributed by atoms with van der Waals surface area (Å²) < 4.78 is 5.75. The van der Waals surface area contributed by atoms with Crippen LogP contribution in [0.4, 0.5) is 11.4 Å². The van der Waals surface area contributed by atoms with Crippen molar-refractivity contribution in [2.75, 3.05) is 16.8 Å². The first-order valence-corrected chi connectivity index (χ1v) is 8.79. The summed E-state index contributed by atoms with van der Waals surface area (Å²) in [5, 5.41) is 3.77. The van der Waals surface area contributed by atoms with Crippen LogP contribution in [0.5, 0.6) is 5.75 Å². The predicted octanol–water partition coefficient (Wildman–Crippen LogP) is 4.44. The molecule has 26 heavy (non-hydrogen) atoms. The molecule has 136 valence electrons. The number of halogens is 2. The molecule has 1 N–H and O–H groups in total. The van der Waals surface area contributed by atoms with E-state index >= 15 is 0 Å². The van der Waals surface area contributed by atoms with Crippen LogP contribution in [0, 0.1) is 6.92 Å². The maximum atomic E-state index is 12.8. The number of carbonyl (C=O) groups is 2. The van der Waals surface area contributed by atoms with Crippen molar-refractivity contribution in [3.05, 3.63) is 52.0 Å². The number of ether oxygens (including phenoxy) is 1. The fraction of sp³-hybridized carbons (Fsp3) is 0.263. The van der Waals surface area contributed by atoms with Crippen molar-refractivity contribution in [2.45, 2.75) is 26.4 Å². The highest BCUT2D eigenvalue weighted by molar-refractivity contribution is 6.31. The van der Waals surface area contributed by atoms with Gasteiger partial charge in [0, 0.05) is 15.7 Å². The van der Waals surface area contributed by atoms with Gasteiger partial charge in [-0.25, -0.2) is 0 Å². The Bertz CT molecular complexity index is 896. The Balaban J connectivity index is 1.85. The lowest BCUT2D eigenvalue weighted by atomic mass is 10.0. The minimum Gasteiger partial charge on any atom is -0.476 e. The third-order valence-electron chi connectivity index (χ3n) is 4.09. The topological polar surface area (TPSA) is 58.6 Å². The molecule has 0 radical (unpaired) electrons.